The van der Waals surface area contributed by atoms with E-state index < -0.39 is 0 Å². The van der Waals surface area contributed by atoms with Gasteiger partial charge in [-0.15, -0.1) is 0 Å². The van der Waals surface area contributed by atoms with Gasteiger partial charge >= 0.3 is 0 Å². The zero-order valence-electron chi connectivity index (χ0n) is 12.0. The lowest BCUT2D eigenvalue weighted by molar-refractivity contribution is 0.166. The number of benzene rings is 1. The van der Waals surface area contributed by atoms with Gasteiger partial charge in [-0.05, 0) is 62.0 Å². The molecule has 0 spiro atoms. The topological polar surface area (TPSA) is 41.3 Å². The lowest BCUT2D eigenvalue weighted by Gasteiger charge is -2.37. The lowest BCUT2D eigenvalue weighted by Crippen LogP contribution is -2.47. The number of nitrogens with zero attached hydrogens (tertiary/aromatic N) is 1. The number of nitrogens with two attached hydrogens (primary N) is 1. The third-order valence-corrected chi connectivity index (χ3v) is 4.77. The maximum absolute atomic E-state index is 5.87. The average molecular weight is 259 g/mol. The molecule has 1 aliphatic heterocycles. The van der Waals surface area contributed by atoms with Crippen molar-refractivity contribution in [1.82, 2.24) is 10.2 Å². The van der Waals surface area contributed by atoms with Gasteiger partial charge in [-0.25, -0.2) is 0 Å². The predicted octanol–water partition coefficient (Wildman–Crippen LogP) is 2.19. The van der Waals surface area contributed by atoms with Crippen molar-refractivity contribution < 1.29 is 0 Å². The first-order valence-corrected chi connectivity index (χ1v) is 7.46. The SMILES string of the molecule is CC1CN(C)CCC1NC1CCc2cc(N)ccc21. The van der Waals surface area contributed by atoms with Gasteiger partial charge in [0.25, 0.3) is 0 Å². The number of piperidine rings is 1. The highest BCUT2D eigenvalue weighted by molar-refractivity contribution is 5.47. The summed E-state index contributed by atoms with van der Waals surface area (Å²) in [6, 6.07) is 7.59. The third-order valence-electron chi connectivity index (χ3n) is 4.77. The molecule has 0 bridgehead atoms. The monoisotopic (exact) mass is 259 g/mol. The fourth-order valence-corrected chi connectivity index (χ4v) is 3.67. The van der Waals surface area contributed by atoms with Gasteiger partial charge in [0.05, 0.1) is 0 Å². The molecule has 19 heavy (non-hydrogen) atoms. The average Bonchev–Trinajstić information content (AvgIpc) is 2.75. The Morgan fingerprint density at radius 3 is 2.95 bits per heavy atom. The van der Waals surface area contributed by atoms with E-state index in [1.54, 1.807) is 0 Å². The highest BCUT2D eigenvalue weighted by Gasteiger charge is 2.29. The Bertz CT molecular complexity index is 457. The van der Waals surface area contributed by atoms with Crippen LogP contribution in [0.1, 0.15) is 36.9 Å². The van der Waals surface area contributed by atoms with Crippen LogP contribution in [0.5, 0.6) is 0 Å². The quantitative estimate of drug-likeness (QED) is 0.800. The van der Waals surface area contributed by atoms with Gasteiger partial charge in [-0.3, -0.25) is 0 Å². The van der Waals surface area contributed by atoms with E-state index in [4.69, 9.17) is 5.73 Å². The van der Waals surface area contributed by atoms with Crippen molar-refractivity contribution >= 4 is 5.69 Å². The van der Waals surface area contributed by atoms with E-state index in [0.29, 0.717) is 12.1 Å². The normalized spacial score (nSPS) is 31.4. The number of nitrogen functional groups attached to an aromatic ring is 1. The van der Waals surface area contributed by atoms with Crippen LogP contribution in [0.4, 0.5) is 5.69 Å². The van der Waals surface area contributed by atoms with Crippen LogP contribution < -0.4 is 11.1 Å². The smallest absolute Gasteiger partial charge is 0.0328 e. The molecule has 3 nitrogen and oxygen atoms in total. The number of anilines is 1. The summed E-state index contributed by atoms with van der Waals surface area (Å²) < 4.78 is 0. The van der Waals surface area contributed by atoms with E-state index in [1.165, 1.54) is 43.5 Å². The Labute approximate surface area is 116 Å². The minimum absolute atomic E-state index is 0.534. The fraction of sp³-hybridized carbons (Fsp3) is 0.625. The summed E-state index contributed by atoms with van der Waals surface area (Å²) in [7, 11) is 2.22. The van der Waals surface area contributed by atoms with Crippen molar-refractivity contribution in [2.75, 3.05) is 25.9 Å². The van der Waals surface area contributed by atoms with E-state index in [0.717, 1.165) is 11.6 Å². The molecule has 0 saturated carbocycles. The number of aryl methyl sites for hydroxylation is 1. The van der Waals surface area contributed by atoms with Gasteiger partial charge < -0.3 is 16.0 Å². The van der Waals surface area contributed by atoms with E-state index in [1.807, 2.05) is 6.07 Å². The third kappa shape index (κ3) is 2.63. The van der Waals surface area contributed by atoms with E-state index >= 15 is 0 Å². The largest absolute Gasteiger partial charge is 0.399 e. The number of rotatable bonds is 2. The Kier molecular flexibility index (Phi) is 3.50. The molecule has 2 aliphatic rings. The summed E-state index contributed by atoms with van der Waals surface area (Å²) in [6.07, 6.45) is 3.65. The first kappa shape index (κ1) is 12.9. The predicted molar refractivity (Wildman–Crippen MR) is 80.1 cm³/mol. The van der Waals surface area contributed by atoms with Crippen molar-refractivity contribution in [1.29, 1.82) is 0 Å². The molecule has 1 saturated heterocycles. The first-order chi connectivity index (χ1) is 9.13. The number of nitrogens with one attached hydrogen (secondary N) is 1. The zero-order valence-corrected chi connectivity index (χ0v) is 12.0. The Morgan fingerprint density at radius 1 is 1.32 bits per heavy atom. The van der Waals surface area contributed by atoms with Gasteiger partial charge in [0, 0.05) is 24.3 Å². The molecule has 3 rings (SSSR count). The molecule has 104 valence electrons. The molecule has 1 aliphatic carbocycles. The molecule has 0 aromatic heterocycles. The standard InChI is InChI=1S/C16H25N3/c1-11-10-19(2)8-7-15(11)18-16-6-3-12-9-13(17)4-5-14(12)16/h4-5,9,11,15-16,18H,3,6-8,10,17H2,1-2H3. The second-order valence-corrected chi connectivity index (χ2v) is 6.35. The van der Waals surface area contributed by atoms with Crippen LogP contribution in [0.25, 0.3) is 0 Å². The number of likely N-dealkylation sites (tertiary alicyclic amines) is 1. The molecular weight excluding hydrogens is 234 g/mol. The summed E-state index contributed by atoms with van der Waals surface area (Å²) >= 11 is 0. The summed E-state index contributed by atoms with van der Waals surface area (Å²) in [5.74, 6) is 0.733. The summed E-state index contributed by atoms with van der Waals surface area (Å²) in [4.78, 5) is 2.44. The van der Waals surface area contributed by atoms with E-state index in [2.05, 4.69) is 36.3 Å². The van der Waals surface area contributed by atoms with Gasteiger partial charge in [-0.2, -0.15) is 0 Å². The summed E-state index contributed by atoms with van der Waals surface area (Å²) in [6.45, 7) is 4.79. The van der Waals surface area contributed by atoms with Gasteiger partial charge in [0.1, 0.15) is 0 Å². The molecule has 1 heterocycles. The molecular formula is C16H25N3. The molecule has 0 amide bonds. The Hall–Kier alpha value is -1.06. The Balaban J connectivity index is 1.69. The van der Waals surface area contributed by atoms with Crippen LogP contribution in [0, 0.1) is 5.92 Å². The zero-order chi connectivity index (χ0) is 13.4. The molecule has 1 aromatic carbocycles. The first-order valence-electron chi connectivity index (χ1n) is 7.46. The Morgan fingerprint density at radius 2 is 2.16 bits per heavy atom. The number of hydrogen-bond acceptors (Lipinski definition) is 3. The van der Waals surface area contributed by atoms with Crippen molar-refractivity contribution in [2.24, 2.45) is 5.92 Å². The van der Waals surface area contributed by atoms with Crippen LogP contribution in [0.15, 0.2) is 18.2 Å². The molecule has 3 atom stereocenters. The minimum Gasteiger partial charge on any atom is -0.399 e. The highest BCUT2D eigenvalue weighted by Crippen LogP contribution is 2.33. The molecule has 3 unspecified atom stereocenters. The fourth-order valence-electron chi connectivity index (χ4n) is 3.67. The van der Waals surface area contributed by atoms with Crippen molar-refractivity contribution in [3.05, 3.63) is 29.3 Å². The van der Waals surface area contributed by atoms with Crippen LogP contribution in [-0.4, -0.2) is 31.1 Å². The summed E-state index contributed by atoms with van der Waals surface area (Å²) in [5, 5.41) is 3.90. The molecule has 0 radical (unpaired) electrons. The van der Waals surface area contributed by atoms with Crippen molar-refractivity contribution in [3.63, 3.8) is 0 Å². The van der Waals surface area contributed by atoms with E-state index in [9.17, 15) is 0 Å². The van der Waals surface area contributed by atoms with Gasteiger partial charge in [-0.1, -0.05) is 13.0 Å². The molecule has 3 heteroatoms. The molecule has 1 aromatic rings. The maximum Gasteiger partial charge on any atom is 0.0328 e. The van der Waals surface area contributed by atoms with E-state index in [-0.39, 0.29) is 0 Å². The van der Waals surface area contributed by atoms with Crippen LogP contribution in [0.2, 0.25) is 0 Å². The number of hydrogen-bond donors (Lipinski definition) is 2. The minimum atomic E-state index is 0.534. The van der Waals surface area contributed by atoms with Crippen molar-refractivity contribution in [3.8, 4) is 0 Å². The molecule has 3 N–H and O–H groups in total. The second-order valence-electron chi connectivity index (χ2n) is 6.35. The van der Waals surface area contributed by atoms with Gasteiger partial charge in [0.2, 0.25) is 0 Å². The van der Waals surface area contributed by atoms with Crippen LogP contribution in [-0.2, 0) is 6.42 Å². The maximum atomic E-state index is 5.87. The molecule has 1 fully saturated rings. The van der Waals surface area contributed by atoms with Crippen LogP contribution in [0.3, 0.4) is 0 Å². The number of fused-ring (bicyclic) bond motifs is 1. The highest BCUT2D eigenvalue weighted by atomic mass is 15.1. The summed E-state index contributed by atoms with van der Waals surface area (Å²) in [5.41, 5.74) is 9.68. The van der Waals surface area contributed by atoms with Crippen molar-refractivity contribution in [2.45, 2.75) is 38.3 Å². The lowest BCUT2D eigenvalue weighted by atomic mass is 9.93. The van der Waals surface area contributed by atoms with Gasteiger partial charge in [0.15, 0.2) is 0 Å². The van der Waals surface area contributed by atoms with Crippen LogP contribution >= 0.6 is 0 Å². The second kappa shape index (κ2) is 5.14.